The summed E-state index contributed by atoms with van der Waals surface area (Å²) in [6.07, 6.45) is -0.818. The van der Waals surface area contributed by atoms with Gasteiger partial charge >= 0.3 is 12.1 Å². The van der Waals surface area contributed by atoms with Crippen LogP contribution in [0.2, 0.25) is 0 Å². The number of nitriles is 1. The maximum Gasteiger partial charge on any atom is 0.418 e. The van der Waals surface area contributed by atoms with Crippen LogP contribution >= 0.6 is 0 Å². The van der Waals surface area contributed by atoms with Gasteiger partial charge in [-0.2, -0.15) is 5.26 Å². The number of imide groups is 1. The molecule has 0 aliphatic carbocycles. The number of carbonyl (C=O) groups is 2. The highest BCUT2D eigenvalue weighted by molar-refractivity contribution is 6.04. The van der Waals surface area contributed by atoms with Crippen molar-refractivity contribution >= 4 is 17.8 Å². The van der Waals surface area contributed by atoms with Gasteiger partial charge in [-0.05, 0) is 31.5 Å². The van der Waals surface area contributed by atoms with Crippen LogP contribution in [0.1, 0.15) is 25.5 Å². The van der Waals surface area contributed by atoms with E-state index in [4.69, 9.17) is 9.47 Å². The summed E-state index contributed by atoms with van der Waals surface area (Å²) in [6, 6.07) is 7.47. The Kier molecular flexibility index (Phi) is 4.96. The van der Waals surface area contributed by atoms with Crippen molar-refractivity contribution in [2.24, 2.45) is 10.9 Å². The zero-order valence-corrected chi connectivity index (χ0v) is 13.1. The van der Waals surface area contributed by atoms with Crippen LogP contribution < -0.4 is 4.74 Å². The topological polar surface area (TPSA) is 92.0 Å². The number of nitrogens with zero attached hydrogens (tertiary/aromatic N) is 3. The third-order valence-corrected chi connectivity index (χ3v) is 3.56. The Morgan fingerprint density at radius 2 is 2.22 bits per heavy atom. The first kappa shape index (κ1) is 16.5. The molecular formula is C16H17N3O4. The molecule has 1 heterocycles. The largest absolute Gasteiger partial charge is 0.497 e. The van der Waals surface area contributed by atoms with Gasteiger partial charge in [-0.25, -0.2) is 19.5 Å². The van der Waals surface area contributed by atoms with Crippen LogP contribution in [-0.4, -0.2) is 36.5 Å². The van der Waals surface area contributed by atoms with Gasteiger partial charge in [0, 0.05) is 5.71 Å². The van der Waals surface area contributed by atoms with Crippen LogP contribution in [0.3, 0.4) is 0 Å². The minimum absolute atomic E-state index is 0.118. The number of benzene rings is 1. The molecule has 2 unspecified atom stereocenters. The second kappa shape index (κ2) is 6.92. The molecule has 0 radical (unpaired) electrons. The van der Waals surface area contributed by atoms with Crippen molar-refractivity contribution in [3.8, 4) is 11.8 Å². The molecule has 23 heavy (non-hydrogen) atoms. The van der Waals surface area contributed by atoms with E-state index in [1.54, 1.807) is 38.1 Å². The first-order valence-electron chi connectivity index (χ1n) is 7.12. The van der Waals surface area contributed by atoms with E-state index in [1.807, 2.05) is 0 Å². The summed E-state index contributed by atoms with van der Waals surface area (Å²) < 4.78 is 10.1. The van der Waals surface area contributed by atoms with E-state index < -0.39 is 24.1 Å². The standard InChI is InChI=1S/C16H17N3O4/c1-4-23-16(21)19-14(11-6-5-7-12(8-11)22-3)13(9-17)10(2)18-15(19)20/h5-8,13-14H,4H2,1-3H3. The molecule has 2 atom stereocenters. The van der Waals surface area contributed by atoms with E-state index in [9.17, 15) is 14.9 Å². The lowest BCUT2D eigenvalue weighted by Crippen LogP contribution is -2.46. The Balaban J connectivity index is 2.55. The highest BCUT2D eigenvalue weighted by atomic mass is 16.6. The van der Waals surface area contributed by atoms with Crippen LogP contribution in [0.25, 0.3) is 0 Å². The van der Waals surface area contributed by atoms with Gasteiger partial charge in [0.25, 0.3) is 0 Å². The van der Waals surface area contributed by atoms with E-state index in [0.717, 1.165) is 4.90 Å². The first-order valence-corrected chi connectivity index (χ1v) is 7.12. The number of carbonyl (C=O) groups excluding carboxylic acids is 2. The molecule has 7 nitrogen and oxygen atoms in total. The molecule has 0 aromatic heterocycles. The fraction of sp³-hybridized carbons (Fsp3) is 0.375. The summed E-state index contributed by atoms with van der Waals surface area (Å²) in [5.41, 5.74) is 0.970. The van der Waals surface area contributed by atoms with E-state index in [0.29, 0.717) is 17.0 Å². The third kappa shape index (κ3) is 3.16. The Labute approximate surface area is 134 Å². The van der Waals surface area contributed by atoms with Crippen molar-refractivity contribution in [3.05, 3.63) is 29.8 Å². The molecule has 0 saturated heterocycles. The van der Waals surface area contributed by atoms with Crippen LogP contribution in [0.4, 0.5) is 9.59 Å². The fourth-order valence-electron chi connectivity index (χ4n) is 2.49. The monoisotopic (exact) mass is 315 g/mol. The third-order valence-electron chi connectivity index (χ3n) is 3.56. The second-order valence-electron chi connectivity index (χ2n) is 4.93. The quantitative estimate of drug-likeness (QED) is 0.855. The van der Waals surface area contributed by atoms with Crippen LogP contribution in [0.15, 0.2) is 29.3 Å². The van der Waals surface area contributed by atoms with Gasteiger partial charge in [-0.15, -0.1) is 0 Å². The number of amides is 3. The van der Waals surface area contributed by atoms with E-state index in [-0.39, 0.29) is 6.61 Å². The Morgan fingerprint density at radius 1 is 1.48 bits per heavy atom. The van der Waals surface area contributed by atoms with Gasteiger partial charge in [0.1, 0.15) is 11.7 Å². The van der Waals surface area contributed by atoms with E-state index >= 15 is 0 Å². The summed E-state index contributed by atoms with van der Waals surface area (Å²) >= 11 is 0. The number of rotatable bonds is 3. The fourth-order valence-corrected chi connectivity index (χ4v) is 2.49. The van der Waals surface area contributed by atoms with Crippen LogP contribution in [0, 0.1) is 17.2 Å². The zero-order chi connectivity index (χ0) is 17.0. The van der Waals surface area contributed by atoms with Crippen LogP contribution in [0.5, 0.6) is 5.75 Å². The minimum atomic E-state index is -0.818. The average molecular weight is 315 g/mol. The first-order chi connectivity index (χ1) is 11.0. The number of urea groups is 1. The minimum Gasteiger partial charge on any atom is -0.497 e. The highest BCUT2D eigenvalue weighted by Gasteiger charge is 2.42. The lowest BCUT2D eigenvalue weighted by molar-refractivity contribution is 0.0981. The summed E-state index contributed by atoms with van der Waals surface area (Å²) in [5.74, 6) is -0.181. The molecule has 0 fully saturated rings. The second-order valence-corrected chi connectivity index (χ2v) is 4.93. The van der Waals surface area contributed by atoms with Gasteiger partial charge in [-0.1, -0.05) is 12.1 Å². The maximum absolute atomic E-state index is 12.2. The summed E-state index contributed by atoms with van der Waals surface area (Å²) in [7, 11) is 1.52. The SMILES string of the molecule is CCOC(=O)N1C(=O)N=C(C)C(C#N)C1c1cccc(OC)c1. The smallest absolute Gasteiger partial charge is 0.418 e. The van der Waals surface area contributed by atoms with Crippen molar-refractivity contribution in [1.82, 2.24) is 4.90 Å². The van der Waals surface area contributed by atoms with Crippen molar-refractivity contribution in [2.45, 2.75) is 19.9 Å². The lowest BCUT2D eigenvalue weighted by atomic mass is 9.88. The van der Waals surface area contributed by atoms with Gasteiger partial charge in [0.15, 0.2) is 0 Å². The molecule has 120 valence electrons. The maximum atomic E-state index is 12.2. The molecule has 0 N–H and O–H groups in total. The highest BCUT2D eigenvalue weighted by Crippen LogP contribution is 2.35. The molecule has 0 saturated carbocycles. The van der Waals surface area contributed by atoms with Crippen molar-refractivity contribution in [2.75, 3.05) is 13.7 Å². The summed E-state index contributed by atoms with van der Waals surface area (Å²) in [6.45, 7) is 3.36. The van der Waals surface area contributed by atoms with Gasteiger partial charge in [-0.3, -0.25) is 0 Å². The number of ether oxygens (including phenoxy) is 2. The predicted octanol–water partition coefficient (Wildman–Crippen LogP) is 2.93. The molecule has 2 rings (SSSR count). The number of hydrogen-bond donors (Lipinski definition) is 0. The van der Waals surface area contributed by atoms with E-state index in [1.165, 1.54) is 7.11 Å². The Hall–Kier alpha value is -2.88. The lowest BCUT2D eigenvalue weighted by Gasteiger charge is -2.34. The zero-order valence-electron chi connectivity index (χ0n) is 13.1. The Bertz CT molecular complexity index is 693. The molecular weight excluding hydrogens is 298 g/mol. The molecule has 3 amide bonds. The average Bonchev–Trinajstić information content (AvgIpc) is 2.54. The van der Waals surface area contributed by atoms with Crippen molar-refractivity contribution in [1.29, 1.82) is 5.26 Å². The molecule has 7 heteroatoms. The van der Waals surface area contributed by atoms with Gasteiger partial charge in [0.05, 0.1) is 25.8 Å². The molecule has 1 aliphatic rings. The molecule has 0 spiro atoms. The molecule has 1 aromatic carbocycles. The predicted molar refractivity (Wildman–Crippen MR) is 82.2 cm³/mol. The van der Waals surface area contributed by atoms with Crippen molar-refractivity contribution in [3.63, 3.8) is 0 Å². The van der Waals surface area contributed by atoms with Gasteiger partial charge in [0.2, 0.25) is 0 Å². The normalized spacial score (nSPS) is 20.5. The number of methoxy groups -OCH3 is 1. The molecule has 1 aromatic rings. The summed E-state index contributed by atoms with van der Waals surface area (Å²) in [4.78, 5) is 29.1. The van der Waals surface area contributed by atoms with E-state index in [2.05, 4.69) is 11.1 Å². The van der Waals surface area contributed by atoms with Crippen molar-refractivity contribution < 1.29 is 19.1 Å². The molecule has 1 aliphatic heterocycles. The number of aliphatic imine (C=N–C) groups is 1. The summed E-state index contributed by atoms with van der Waals surface area (Å²) in [5, 5.41) is 9.48. The Morgan fingerprint density at radius 3 is 2.83 bits per heavy atom. The van der Waals surface area contributed by atoms with Gasteiger partial charge < -0.3 is 9.47 Å². The molecule has 0 bridgehead atoms. The van der Waals surface area contributed by atoms with Crippen LogP contribution in [-0.2, 0) is 4.74 Å². The number of hydrogen-bond acceptors (Lipinski definition) is 5.